The molecule has 3 N–H and O–H groups in total. The van der Waals surface area contributed by atoms with Crippen molar-refractivity contribution in [2.24, 2.45) is 0 Å². The van der Waals surface area contributed by atoms with Gasteiger partial charge in [-0.2, -0.15) is 0 Å². The first-order valence-corrected chi connectivity index (χ1v) is 5.84. The zero-order valence-corrected chi connectivity index (χ0v) is 9.94. The lowest BCUT2D eigenvalue weighted by Gasteiger charge is -2.10. The third-order valence-corrected chi connectivity index (χ3v) is 3.33. The van der Waals surface area contributed by atoms with Crippen molar-refractivity contribution in [1.29, 1.82) is 0 Å². The van der Waals surface area contributed by atoms with E-state index in [1.807, 2.05) is 6.92 Å². The molecule has 0 amide bonds. The number of rotatable bonds is 3. The molecule has 0 aliphatic rings. The van der Waals surface area contributed by atoms with Crippen LogP contribution in [0.4, 0.5) is 20.2 Å². The van der Waals surface area contributed by atoms with Gasteiger partial charge in [-0.1, -0.05) is 0 Å². The molecule has 3 nitrogen and oxygen atoms in total. The maximum Gasteiger partial charge on any atom is 0.183 e. The van der Waals surface area contributed by atoms with E-state index in [0.717, 1.165) is 16.6 Å². The van der Waals surface area contributed by atoms with Gasteiger partial charge in [-0.05, 0) is 19.1 Å². The zero-order valence-electron chi connectivity index (χ0n) is 9.13. The largest absolute Gasteiger partial charge is 0.397 e. The summed E-state index contributed by atoms with van der Waals surface area (Å²) in [6, 6.07) is 2.34. The summed E-state index contributed by atoms with van der Waals surface area (Å²) in [7, 11) is 0. The van der Waals surface area contributed by atoms with E-state index in [1.54, 1.807) is 5.51 Å². The van der Waals surface area contributed by atoms with Crippen LogP contribution in [0.3, 0.4) is 0 Å². The number of anilines is 2. The summed E-state index contributed by atoms with van der Waals surface area (Å²) < 4.78 is 26.5. The molecule has 1 aromatic heterocycles. The highest BCUT2D eigenvalue weighted by atomic mass is 32.1. The predicted octanol–water partition coefficient (Wildman–Crippen LogP) is 2.92. The van der Waals surface area contributed by atoms with Gasteiger partial charge in [-0.25, -0.2) is 13.8 Å². The fourth-order valence-electron chi connectivity index (χ4n) is 1.41. The molecule has 17 heavy (non-hydrogen) atoms. The molecule has 0 bridgehead atoms. The van der Waals surface area contributed by atoms with Crippen LogP contribution >= 0.6 is 11.3 Å². The topological polar surface area (TPSA) is 50.9 Å². The van der Waals surface area contributed by atoms with Crippen LogP contribution in [0.5, 0.6) is 0 Å². The minimum absolute atomic E-state index is 0.00204. The molecule has 0 saturated carbocycles. The second kappa shape index (κ2) is 4.67. The number of benzene rings is 1. The number of aryl methyl sites for hydroxylation is 1. The van der Waals surface area contributed by atoms with Crippen molar-refractivity contribution >= 4 is 22.7 Å². The number of hydrogen-bond donors (Lipinski definition) is 2. The molecule has 1 aromatic carbocycles. The third kappa shape index (κ3) is 2.36. The first-order chi connectivity index (χ1) is 8.09. The van der Waals surface area contributed by atoms with Crippen LogP contribution < -0.4 is 11.1 Å². The van der Waals surface area contributed by atoms with E-state index in [9.17, 15) is 8.78 Å². The summed E-state index contributed by atoms with van der Waals surface area (Å²) in [5, 5.41) is 2.80. The predicted molar refractivity (Wildman–Crippen MR) is 64.9 cm³/mol. The van der Waals surface area contributed by atoms with Gasteiger partial charge in [0.25, 0.3) is 0 Å². The number of hydrogen-bond acceptors (Lipinski definition) is 4. The second-order valence-corrected chi connectivity index (χ2v) is 4.48. The minimum Gasteiger partial charge on any atom is -0.397 e. The van der Waals surface area contributed by atoms with Crippen molar-refractivity contribution < 1.29 is 8.78 Å². The summed E-state index contributed by atoms with van der Waals surface area (Å²) >= 11 is 1.45. The fourth-order valence-corrected chi connectivity index (χ4v) is 2.13. The molecular weight excluding hydrogens is 244 g/mol. The lowest BCUT2D eigenvalue weighted by molar-refractivity contribution is 0.511. The quantitative estimate of drug-likeness (QED) is 0.829. The van der Waals surface area contributed by atoms with Gasteiger partial charge in [0.2, 0.25) is 0 Å². The van der Waals surface area contributed by atoms with Gasteiger partial charge >= 0.3 is 0 Å². The molecule has 2 aromatic rings. The summed E-state index contributed by atoms with van der Waals surface area (Å²) in [6.45, 7) is 2.24. The van der Waals surface area contributed by atoms with Crippen molar-refractivity contribution in [3.8, 4) is 0 Å². The highest BCUT2D eigenvalue weighted by molar-refractivity contribution is 7.09. The number of thiazole rings is 1. The summed E-state index contributed by atoms with van der Waals surface area (Å²) in [5.41, 5.74) is 8.35. The molecule has 0 aliphatic carbocycles. The Labute approximate surface area is 101 Å². The van der Waals surface area contributed by atoms with Crippen LogP contribution in [0.25, 0.3) is 0 Å². The van der Waals surface area contributed by atoms with Crippen LogP contribution in [0.2, 0.25) is 0 Å². The normalized spacial score (nSPS) is 10.5. The first-order valence-electron chi connectivity index (χ1n) is 4.96. The third-order valence-electron chi connectivity index (χ3n) is 2.40. The van der Waals surface area contributed by atoms with Gasteiger partial charge in [0.15, 0.2) is 11.6 Å². The maximum atomic E-state index is 13.5. The van der Waals surface area contributed by atoms with Gasteiger partial charge < -0.3 is 11.1 Å². The standard InChI is InChI=1S/C11H11F2N3S/c1-6-9(17-5-16-6)4-15-11-8(14)3-2-7(12)10(11)13/h2-3,5,15H,4,14H2,1H3. The van der Waals surface area contributed by atoms with Crippen LogP contribution in [0.15, 0.2) is 17.6 Å². The van der Waals surface area contributed by atoms with E-state index in [0.29, 0.717) is 6.54 Å². The number of aromatic nitrogens is 1. The molecule has 0 unspecified atom stereocenters. The SMILES string of the molecule is Cc1ncsc1CNc1c(N)ccc(F)c1F. The van der Waals surface area contributed by atoms with Crippen molar-refractivity contribution in [3.63, 3.8) is 0 Å². The molecule has 0 fully saturated rings. The van der Waals surface area contributed by atoms with Crippen LogP contribution in [0, 0.1) is 18.6 Å². The van der Waals surface area contributed by atoms with Crippen molar-refractivity contribution in [2.45, 2.75) is 13.5 Å². The Hall–Kier alpha value is -1.69. The molecule has 0 radical (unpaired) electrons. The average Bonchev–Trinajstić information content (AvgIpc) is 2.70. The second-order valence-electron chi connectivity index (χ2n) is 3.54. The summed E-state index contributed by atoms with van der Waals surface area (Å²) in [4.78, 5) is 5.04. The van der Waals surface area contributed by atoms with E-state index < -0.39 is 11.6 Å². The van der Waals surface area contributed by atoms with E-state index in [-0.39, 0.29) is 11.4 Å². The molecule has 0 spiro atoms. The Morgan fingerprint density at radius 2 is 2.18 bits per heavy atom. The molecule has 2 rings (SSSR count). The lowest BCUT2D eigenvalue weighted by Crippen LogP contribution is -2.06. The van der Waals surface area contributed by atoms with E-state index in [1.165, 1.54) is 17.4 Å². The van der Waals surface area contributed by atoms with Gasteiger partial charge in [0.05, 0.1) is 29.1 Å². The number of nitrogen functional groups attached to an aromatic ring is 1. The minimum atomic E-state index is -0.952. The molecule has 0 atom stereocenters. The van der Waals surface area contributed by atoms with Gasteiger partial charge in [-0.3, -0.25) is 0 Å². The van der Waals surface area contributed by atoms with Crippen LogP contribution in [-0.2, 0) is 6.54 Å². The Morgan fingerprint density at radius 3 is 2.82 bits per heavy atom. The van der Waals surface area contributed by atoms with Crippen molar-refractivity contribution in [2.75, 3.05) is 11.1 Å². The average molecular weight is 255 g/mol. The number of halogens is 2. The Balaban J connectivity index is 2.20. The number of nitrogens with zero attached hydrogens (tertiary/aromatic N) is 1. The number of nitrogens with two attached hydrogens (primary N) is 1. The summed E-state index contributed by atoms with van der Waals surface area (Å²) in [6.07, 6.45) is 0. The molecule has 90 valence electrons. The Bertz CT molecular complexity index is 540. The fraction of sp³-hybridized carbons (Fsp3) is 0.182. The van der Waals surface area contributed by atoms with Crippen molar-refractivity contribution in [1.82, 2.24) is 4.98 Å². The smallest absolute Gasteiger partial charge is 0.183 e. The van der Waals surface area contributed by atoms with Crippen molar-refractivity contribution in [3.05, 3.63) is 39.8 Å². The van der Waals surface area contributed by atoms with E-state index in [4.69, 9.17) is 5.73 Å². The highest BCUT2D eigenvalue weighted by Crippen LogP contribution is 2.25. The monoisotopic (exact) mass is 255 g/mol. The van der Waals surface area contributed by atoms with Gasteiger partial charge in [0, 0.05) is 4.88 Å². The summed E-state index contributed by atoms with van der Waals surface area (Å²) in [5.74, 6) is -1.87. The maximum absolute atomic E-state index is 13.5. The highest BCUT2D eigenvalue weighted by Gasteiger charge is 2.12. The molecule has 0 saturated heterocycles. The molecule has 0 aliphatic heterocycles. The zero-order chi connectivity index (χ0) is 12.4. The van der Waals surface area contributed by atoms with E-state index in [2.05, 4.69) is 10.3 Å². The molecule has 6 heteroatoms. The first kappa shape index (κ1) is 11.8. The molecular formula is C11H11F2N3S. The molecule has 1 heterocycles. The van der Waals surface area contributed by atoms with Gasteiger partial charge in [-0.15, -0.1) is 11.3 Å². The Kier molecular flexibility index (Phi) is 3.23. The lowest BCUT2D eigenvalue weighted by atomic mass is 10.2. The van der Waals surface area contributed by atoms with E-state index >= 15 is 0 Å². The Morgan fingerprint density at radius 1 is 1.41 bits per heavy atom. The van der Waals surface area contributed by atoms with Gasteiger partial charge in [0.1, 0.15) is 0 Å². The van der Waals surface area contributed by atoms with Crippen LogP contribution in [-0.4, -0.2) is 4.98 Å². The number of nitrogens with one attached hydrogen (secondary N) is 1. The van der Waals surface area contributed by atoms with Crippen LogP contribution in [0.1, 0.15) is 10.6 Å².